The number of ether oxygens (including phenoxy) is 2. The van der Waals surface area contributed by atoms with Gasteiger partial charge in [-0.25, -0.2) is 0 Å². The van der Waals surface area contributed by atoms with E-state index in [1.165, 1.54) is 12.5 Å². The Morgan fingerprint density at radius 3 is 2.86 bits per heavy atom. The molecule has 3 heteroatoms. The maximum absolute atomic E-state index is 11.4. The highest BCUT2D eigenvalue weighted by atomic mass is 16.5. The van der Waals surface area contributed by atoms with Crippen molar-refractivity contribution in [3.8, 4) is 11.8 Å². The molecule has 2 rings (SSSR count). The van der Waals surface area contributed by atoms with Gasteiger partial charge in [0.2, 0.25) is 0 Å². The molecule has 0 spiro atoms. The van der Waals surface area contributed by atoms with E-state index in [2.05, 4.69) is 31.4 Å². The third kappa shape index (κ3) is 3.98. The van der Waals surface area contributed by atoms with Crippen LogP contribution in [-0.2, 0) is 14.3 Å². The van der Waals surface area contributed by atoms with Crippen molar-refractivity contribution in [1.82, 2.24) is 0 Å². The highest BCUT2D eigenvalue weighted by Crippen LogP contribution is 2.33. The molecule has 0 aromatic carbocycles. The molecule has 0 aromatic rings. The Balaban J connectivity index is 2.32. The van der Waals surface area contributed by atoms with Gasteiger partial charge in [0, 0.05) is 13.3 Å². The van der Waals surface area contributed by atoms with Crippen LogP contribution in [0.4, 0.5) is 0 Å². The van der Waals surface area contributed by atoms with Crippen LogP contribution in [0.3, 0.4) is 0 Å². The highest BCUT2D eigenvalue weighted by molar-refractivity contribution is 5.66. The maximum Gasteiger partial charge on any atom is 0.303 e. The van der Waals surface area contributed by atoms with Gasteiger partial charge in [-0.1, -0.05) is 30.1 Å². The molecule has 0 unspecified atom stereocenters. The summed E-state index contributed by atoms with van der Waals surface area (Å²) in [6, 6.07) is 0. The minimum atomic E-state index is -0.481. The highest BCUT2D eigenvalue weighted by Gasteiger charge is 2.36. The Hall–Kier alpha value is -1.53. The average Bonchev–Trinajstić information content (AvgIpc) is 2.70. The molecule has 21 heavy (non-hydrogen) atoms. The van der Waals surface area contributed by atoms with Crippen LogP contribution in [0.1, 0.15) is 46.5 Å². The van der Waals surface area contributed by atoms with E-state index < -0.39 is 6.10 Å². The number of carbonyl (C=O) groups excluding carboxylic acids is 1. The SMILES string of the molecule is C=C(C)[C@H]1[C@@H](OC(C)=O)C#CCCCC[C@H]2O[C@H]1C=C2C. The Bertz CT molecular complexity index is 506. The summed E-state index contributed by atoms with van der Waals surface area (Å²) in [5.74, 6) is 5.84. The summed E-state index contributed by atoms with van der Waals surface area (Å²) in [7, 11) is 0. The molecule has 0 radical (unpaired) electrons. The van der Waals surface area contributed by atoms with Crippen molar-refractivity contribution in [3.05, 3.63) is 23.8 Å². The third-order valence-electron chi connectivity index (χ3n) is 4.06. The Kier molecular flexibility index (Phi) is 5.25. The zero-order valence-electron chi connectivity index (χ0n) is 13.1. The van der Waals surface area contributed by atoms with Gasteiger partial charge in [0.25, 0.3) is 0 Å². The lowest BCUT2D eigenvalue weighted by atomic mass is 9.89. The second-order valence-electron chi connectivity index (χ2n) is 5.97. The van der Waals surface area contributed by atoms with Gasteiger partial charge < -0.3 is 9.47 Å². The normalized spacial score (nSPS) is 32.2. The molecule has 114 valence electrons. The van der Waals surface area contributed by atoms with Gasteiger partial charge in [-0.05, 0) is 38.7 Å². The van der Waals surface area contributed by atoms with Crippen LogP contribution in [0.15, 0.2) is 23.8 Å². The van der Waals surface area contributed by atoms with Gasteiger partial charge in [-0.15, -0.1) is 0 Å². The number of hydrogen-bond donors (Lipinski definition) is 0. The first-order chi connectivity index (χ1) is 9.99. The molecule has 0 aromatic heterocycles. The number of carbonyl (C=O) groups is 1. The van der Waals surface area contributed by atoms with E-state index in [1.807, 2.05) is 6.92 Å². The smallest absolute Gasteiger partial charge is 0.303 e. The summed E-state index contributed by atoms with van der Waals surface area (Å²) in [6.45, 7) is 9.53. The average molecular weight is 288 g/mol. The van der Waals surface area contributed by atoms with E-state index in [4.69, 9.17) is 9.47 Å². The second-order valence-corrected chi connectivity index (χ2v) is 5.97. The lowest BCUT2D eigenvalue weighted by Crippen LogP contribution is -2.35. The van der Waals surface area contributed by atoms with Crippen LogP contribution in [0.2, 0.25) is 0 Å². The molecule has 2 heterocycles. The number of fused-ring (bicyclic) bond motifs is 2. The first-order valence-electron chi connectivity index (χ1n) is 7.64. The minimum Gasteiger partial charge on any atom is -0.449 e. The summed E-state index contributed by atoms with van der Waals surface area (Å²) in [5, 5.41) is 0. The topological polar surface area (TPSA) is 35.5 Å². The van der Waals surface area contributed by atoms with Crippen molar-refractivity contribution >= 4 is 5.97 Å². The van der Waals surface area contributed by atoms with Gasteiger partial charge in [-0.3, -0.25) is 4.79 Å². The van der Waals surface area contributed by atoms with E-state index in [1.54, 1.807) is 0 Å². The van der Waals surface area contributed by atoms with Crippen molar-refractivity contribution < 1.29 is 14.3 Å². The van der Waals surface area contributed by atoms with E-state index in [0.717, 1.165) is 31.3 Å². The van der Waals surface area contributed by atoms with Gasteiger partial charge in [0.15, 0.2) is 6.10 Å². The van der Waals surface area contributed by atoms with E-state index in [0.29, 0.717) is 0 Å². The number of rotatable bonds is 2. The summed E-state index contributed by atoms with van der Waals surface area (Å²) in [5.41, 5.74) is 2.20. The van der Waals surface area contributed by atoms with Crippen LogP contribution >= 0.6 is 0 Å². The molecule has 0 amide bonds. The van der Waals surface area contributed by atoms with E-state index in [9.17, 15) is 4.79 Å². The van der Waals surface area contributed by atoms with Crippen LogP contribution < -0.4 is 0 Å². The van der Waals surface area contributed by atoms with Crippen LogP contribution in [0.5, 0.6) is 0 Å². The van der Waals surface area contributed by atoms with Gasteiger partial charge >= 0.3 is 5.97 Å². The molecule has 0 saturated carbocycles. The molecule has 0 fully saturated rings. The summed E-state index contributed by atoms with van der Waals surface area (Å²) in [4.78, 5) is 11.4. The molecule has 2 bridgehead atoms. The minimum absolute atomic E-state index is 0.107. The van der Waals surface area contributed by atoms with Gasteiger partial charge in [0.1, 0.15) is 0 Å². The van der Waals surface area contributed by atoms with Crippen LogP contribution in [-0.4, -0.2) is 24.3 Å². The zero-order chi connectivity index (χ0) is 15.4. The quantitative estimate of drug-likeness (QED) is 0.444. The van der Waals surface area contributed by atoms with Gasteiger partial charge in [0.05, 0.1) is 18.1 Å². The lowest BCUT2D eigenvalue weighted by molar-refractivity contribution is -0.147. The Labute approximate surface area is 127 Å². The van der Waals surface area contributed by atoms with Crippen molar-refractivity contribution in [2.75, 3.05) is 0 Å². The molecular weight excluding hydrogens is 264 g/mol. The first kappa shape index (κ1) is 15.9. The molecule has 2 aliphatic rings. The fourth-order valence-corrected chi connectivity index (χ4v) is 2.99. The fourth-order valence-electron chi connectivity index (χ4n) is 2.99. The van der Waals surface area contributed by atoms with Crippen LogP contribution in [0, 0.1) is 17.8 Å². The standard InChI is InChI=1S/C18H24O3/c1-12(2)18-16(20-14(4)19)10-8-6-5-7-9-15-13(3)11-17(18)21-15/h11,15-18H,1,5-7,9H2,2-4H3/t15-,16+,17+,18+/m1/s1. The Morgan fingerprint density at radius 1 is 1.43 bits per heavy atom. The predicted molar refractivity (Wildman–Crippen MR) is 82.5 cm³/mol. The molecule has 3 nitrogen and oxygen atoms in total. The number of hydrogen-bond acceptors (Lipinski definition) is 3. The number of esters is 1. The molecule has 4 atom stereocenters. The third-order valence-corrected chi connectivity index (χ3v) is 4.06. The van der Waals surface area contributed by atoms with Crippen LogP contribution in [0.25, 0.3) is 0 Å². The van der Waals surface area contributed by atoms with E-state index >= 15 is 0 Å². The Morgan fingerprint density at radius 2 is 2.19 bits per heavy atom. The molecule has 0 saturated heterocycles. The summed E-state index contributed by atoms with van der Waals surface area (Å²) >= 11 is 0. The van der Waals surface area contributed by atoms with Crippen molar-refractivity contribution in [2.45, 2.75) is 64.8 Å². The predicted octanol–water partition coefficient (Wildman–Crippen LogP) is 3.40. The van der Waals surface area contributed by atoms with E-state index in [-0.39, 0.29) is 24.1 Å². The monoisotopic (exact) mass is 288 g/mol. The zero-order valence-corrected chi connectivity index (χ0v) is 13.1. The molecule has 2 aliphatic heterocycles. The van der Waals surface area contributed by atoms with Crippen molar-refractivity contribution in [2.24, 2.45) is 5.92 Å². The molecule has 0 aliphatic carbocycles. The first-order valence-corrected chi connectivity index (χ1v) is 7.64. The van der Waals surface area contributed by atoms with Gasteiger partial charge in [-0.2, -0.15) is 0 Å². The summed E-state index contributed by atoms with van der Waals surface area (Å²) < 4.78 is 11.6. The van der Waals surface area contributed by atoms with Crippen molar-refractivity contribution in [3.63, 3.8) is 0 Å². The molecule has 0 N–H and O–H groups in total. The molecular formula is C18H24O3. The summed E-state index contributed by atoms with van der Waals surface area (Å²) in [6.07, 6.45) is 5.75. The largest absolute Gasteiger partial charge is 0.449 e. The maximum atomic E-state index is 11.4. The fraction of sp³-hybridized carbons (Fsp3) is 0.611. The van der Waals surface area contributed by atoms with Crippen molar-refractivity contribution in [1.29, 1.82) is 0 Å². The second kappa shape index (κ2) is 6.95. The lowest BCUT2D eigenvalue weighted by Gasteiger charge is -2.28.